The van der Waals surface area contributed by atoms with Crippen molar-refractivity contribution in [3.63, 3.8) is 0 Å². The Balaban J connectivity index is 1.57. The zero-order chi connectivity index (χ0) is 19.3. The van der Waals surface area contributed by atoms with Gasteiger partial charge in [-0.2, -0.15) is 10.2 Å². The highest BCUT2D eigenvalue weighted by Gasteiger charge is 2.26. The molecule has 0 atom stereocenters. The highest BCUT2D eigenvalue weighted by Crippen LogP contribution is 2.39. The molecule has 4 aromatic rings. The number of aromatic nitrogens is 7. The van der Waals surface area contributed by atoms with Gasteiger partial charge in [0.25, 0.3) is 0 Å². The van der Waals surface area contributed by atoms with Gasteiger partial charge in [-0.15, -0.1) is 0 Å². The fourth-order valence-corrected chi connectivity index (χ4v) is 3.60. The fraction of sp³-hybridized carbons (Fsp3) is 0.350. The van der Waals surface area contributed by atoms with E-state index in [1.54, 1.807) is 12.4 Å². The molecule has 0 aromatic carbocycles. The number of pyridine rings is 1. The molecular weight excluding hydrogens is 352 g/mol. The molecule has 5 rings (SSSR count). The smallest absolute Gasteiger partial charge is 0.164 e. The molecule has 4 heterocycles. The van der Waals surface area contributed by atoms with E-state index in [1.807, 2.05) is 37.8 Å². The first kappa shape index (κ1) is 16.9. The minimum atomic E-state index is 0.639. The molecule has 4 aromatic heterocycles. The monoisotopic (exact) mass is 374 g/mol. The molecule has 1 saturated carbocycles. The third kappa shape index (κ3) is 2.90. The predicted molar refractivity (Wildman–Crippen MR) is 107 cm³/mol. The molecule has 0 bridgehead atoms. The van der Waals surface area contributed by atoms with Crippen LogP contribution in [-0.2, 0) is 13.6 Å². The molecule has 0 radical (unpaired) electrons. The van der Waals surface area contributed by atoms with Crippen molar-refractivity contribution in [3.05, 3.63) is 47.7 Å². The number of hydrogen-bond donors (Lipinski definition) is 1. The molecule has 0 spiro atoms. The standard InChI is InChI=1S/C20H22N8/c1-12-17-19(27(2)11-15-10-16(25-24-15)13-4-5-13)22-18(14-6-8-21-9-7-14)23-20(17)28(3)26-12/h6-10,13H,4-5,11H2,1-3H3,(H,24,25). The minimum absolute atomic E-state index is 0.639. The lowest BCUT2D eigenvalue weighted by atomic mass is 10.2. The Labute approximate surface area is 162 Å². The zero-order valence-electron chi connectivity index (χ0n) is 16.2. The van der Waals surface area contributed by atoms with Gasteiger partial charge in [0, 0.05) is 38.0 Å². The van der Waals surface area contributed by atoms with Gasteiger partial charge in [-0.05, 0) is 38.0 Å². The third-order valence-corrected chi connectivity index (χ3v) is 5.19. The molecule has 1 aliphatic carbocycles. The summed E-state index contributed by atoms with van der Waals surface area (Å²) in [5.74, 6) is 2.17. The predicted octanol–water partition coefficient (Wildman–Crippen LogP) is 2.97. The Morgan fingerprint density at radius 3 is 2.75 bits per heavy atom. The highest BCUT2D eigenvalue weighted by atomic mass is 15.3. The van der Waals surface area contributed by atoms with E-state index < -0.39 is 0 Å². The SMILES string of the molecule is Cc1nn(C)c2nc(-c3ccncc3)nc(N(C)Cc3cc(C4CC4)n[nH]3)c12. The van der Waals surface area contributed by atoms with Crippen LogP contribution in [0.3, 0.4) is 0 Å². The van der Waals surface area contributed by atoms with E-state index in [0.717, 1.165) is 33.8 Å². The first-order chi connectivity index (χ1) is 13.6. The average molecular weight is 374 g/mol. The summed E-state index contributed by atoms with van der Waals surface area (Å²) in [5.41, 5.74) is 4.94. The Morgan fingerprint density at radius 1 is 1.21 bits per heavy atom. The molecular formula is C20H22N8. The van der Waals surface area contributed by atoms with Crippen molar-refractivity contribution in [2.75, 3.05) is 11.9 Å². The second-order valence-electron chi connectivity index (χ2n) is 7.46. The Bertz CT molecular complexity index is 1140. The fourth-order valence-electron chi connectivity index (χ4n) is 3.60. The number of nitrogens with one attached hydrogen (secondary N) is 1. The number of nitrogens with zero attached hydrogens (tertiary/aromatic N) is 7. The number of hydrogen-bond acceptors (Lipinski definition) is 6. The van der Waals surface area contributed by atoms with Crippen LogP contribution in [0.15, 0.2) is 30.6 Å². The molecule has 28 heavy (non-hydrogen) atoms. The summed E-state index contributed by atoms with van der Waals surface area (Å²) >= 11 is 0. The van der Waals surface area contributed by atoms with Crippen molar-refractivity contribution in [2.45, 2.75) is 32.2 Å². The van der Waals surface area contributed by atoms with Crippen LogP contribution in [-0.4, -0.2) is 42.0 Å². The van der Waals surface area contributed by atoms with E-state index in [9.17, 15) is 0 Å². The summed E-state index contributed by atoms with van der Waals surface area (Å²) in [5, 5.41) is 13.2. The first-order valence-corrected chi connectivity index (χ1v) is 9.47. The quantitative estimate of drug-likeness (QED) is 0.578. The summed E-state index contributed by atoms with van der Waals surface area (Å²) in [6, 6.07) is 6.02. The van der Waals surface area contributed by atoms with E-state index >= 15 is 0 Å². The lowest BCUT2D eigenvalue weighted by Crippen LogP contribution is -2.19. The van der Waals surface area contributed by atoms with Crippen molar-refractivity contribution in [1.29, 1.82) is 0 Å². The maximum atomic E-state index is 4.90. The van der Waals surface area contributed by atoms with E-state index in [-0.39, 0.29) is 0 Å². The van der Waals surface area contributed by atoms with Crippen LogP contribution in [0.1, 0.15) is 35.8 Å². The van der Waals surface area contributed by atoms with Gasteiger partial charge in [0.2, 0.25) is 0 Å². The summed E-state index contributed by atoms with van der Waals surface area (Å²) in [6.45, 7) is 2.69. The molecule has 8 nitrogen and oxygen atoms in total. The Hall–Kier alpha value is -3.29. The maximum absolute atomic E-state index is 4.90. The summed E-state index contributed by atoms with van der Waals surface area (Å²) in [7, 11) is 3.96. The lowest BCUT2D eigenvalue weighted by molar-refractivity contribution is 0.773. The third-order valence-electron chi connectivity index (χ3n) is 5.19. The van der Waals surface area contributed by atoms with Crippen molar-refractivity contribution >= 4 is 16.9 Å². The number of aryl methyl sites for hydroxylation is 2. The molecule has 142 valence electrons. The Morgan fingerprint density at radius 2 is 2.00 bits per heavy atom. The summed E-state index contributed by atoms with van der Waals surface area (Å²) in [4.78, 5) is 15.9. The average Bonchev–Trinajstić information content (AvgIpc) is 3.39. The van der Waals surface area contributed by atoms with Crippen molar-refractivity contribution < 1.29 is 0 Å². The van der Waals surface area contributed by atoms with Crippen molar-refractivity contribution in [3.8, 4) is 11.4 Å². The van der Waals surface area contributed by atoms with Crippen LogP contribution < -0.4 is 4.90 Å². The number of fused-ring (bicyclic) bond motifs is 1. The number of H-pyrrole nitrogens is 1. The topological polar surface area (TPSA) is 88.4 Å². The van der Waals surface area contributed by atoms with Crippen LogP contribution in [0.4, 0.5) is 5.82 Å². The summed E-state index contributed by atoms with van der Waals surface area (Å²) in [6.07, 6.45) is 6.00. The van der Waals surface area contributed by atoms with Gasteiger partial charge in [-0.1, -0.05) is 0 Å². The van der Waals surface area contributed by atoms with Gasteiger partial charge in [0.1, 0.15) is 5.82 Å². The van der Waals surface area contributed by atoms with Crippen molar-refractivity contribution in [1.82, 2.24) is 34.9 Å². The number of aromatic amines is 1. The molecule has 8 heteroatoms. The minimum Gasteiger partial charge on any atom is -0.353 e. The van der Waals surface area contributed by atoms with Gasteiger partial charge in [-0.3, -0.25) is 14.8 Å². The highest BCUT2D eigenvalue weighted by molar-refractivity contribution is 5.91. The second-order valence-corrected chi connectivity index (χ2v) is 7.46. The molecule has 0 saturated heterocycles. The van der Waals surface area contributed by atoms with Gasteiger partial charge in [0.15, 0.2) is 11.5 Å². The zero-order valence-corrected chi connectivity index (χ0v) is 16.2. The molecule has 0 aliphatic heterocycles. The van der Waals surface area contributed by atoms with Crippen LogP contribution in [0.5, 0.6) is 0 Å². The van der Waals surface area contributed by atoms with Crippen LogP contribution in [0.2, 0.25) is 0 Å². The molecule has 1 N–H and O–H groups in total. The van der Waals surface area contributed by atoms with E-state index in [1.165, 1.54) is 18.5 Å². The van der Waals surface area contributed by atoms with Crippen LogP contribution in [0.25, 0.3) is 22.4 Å². The van der Waals surface area contributed by atoms with Gasteiger partial charge in [0.05, 0.1) is 29.0 Å². The summed E-state index contributed by atoms with van der Waals surface area (Å²) < 4.78 is 1.82. The number of rotatable bonds is 5. The van der Waals surface area contributed by atoms with Crippen LogP contribution >= 0.6 is 0 Å². The van der Waals surface area contributed by atoms with Crippen LogP contribution in [0, 0.1) is 6.92 Å². The van der Waals surface area contributed by atoms with E-state index in [2.05, 4.69) is 31.2 Å². The molecule has 1 fully saturated rings. The van der Waals surface area contributed by atoms with E-state index in [4.69, 9.17) is 9.97 Å². The molecule has 0 amide bonds. The van der Waals surface area contributed by atoms with Gasteiger partial charge < -0.3 is 4.90 Å². The first-order valence-electron chi connectivity index (χ1n) is 9.47. The maximum Gasteiger partial charge on any atom is 0.164 e. The molecule has 1 aliphatic rings. The van der Waals surface area contributed by atoms with Gasteiger partial charge in [-0.25, -0.2) is 9.97 Å². The van der Waals surface area contributed by atoms with Crippen molar-refractivity contribution in [2.24, 2.45) is 7.05 Å². The normalized spacial score (nSPS) is 14.0. The second kappa shape index (κ2) is 6.40. The molecule has 0 unspecified atom stereocenters. The lowest BCUT2D eigenvalue weighted by Gasteiger charge is -2.19. The Kier molecular flexibility index (Phi) is 3.85. The van der Waals surface area contributed by atoms with Gasteiger partial charge >= 0.3 is 0 Å². The number of anilines is 1. The largest absolute Gasteiger partial charge is 0.353 e. The van der Waals surface area contributed by atoms with E-state index in [0.29, 0.717) is 18.3 Å².